The Kier molecular flexibility index (Phi) is 7.60. The van der Waals surface area contributed by atoms with E-state index in [1.54, 1.807) is 13.8 Å². The predicted molar refractivity (Wildman–Crippen MR) is 119 cm³/mol. The normalized spacial score (nSPS) is 13.4. The van der Waals surface area contributed by atoms with Crippen molar-refractivity contribution in [2.24, 2.45) is 0 Å². The van der Waals surface area contributed by atoms with Gasteiger partial charge in [0.15, 0.2) is 11.5 Å². The molecule has 1 heterocycles. The molecule has 0 aliphatic carbocycles. The lowest BCUT2D eigenvalue weighted by atomic mass is 10.2. The lowest BCUT2D eigenvalue weighted by Gasteiger charge is -2.18. The van der Waals surface area contributed by atoms with Crippen LogP contribution < -0.4 is 20.3 Å². The number of halogens is 1. The molecule has 0 saturated heterocycles. The maximum absolute atomic E-state index is 12.7. The Balaban J connectivity index is 1.72. The third-order valence-corrected chi connectivity index (χ3v) is 7.12. The number of fused-ring (bicyclic) bond motifs is 1. The molecule has 0 fully saturated rings. The molecule has 9 nitrogen and oxygen atoms in total. The molecular weight excluding hydrogens is 458 g/mol. The van der Waals surface area contributed by atoms with Crippen molar-refractivity contribution in [1.29, 1.82) is 0 Å². The van der Waals surface area contributed by atoms with E-state index in [1.165, 1.54) is 40.7 Å². The summed E-state index contributed by atoms with van der Waals surface area (Å²) in [5.41, 5.74) is 4.82. The molecule has 0 atom stereocenters. The van der Waals surface area contributed by atoms with Crippen molar-refractivity contribution < 1.29 is 27.5 Å². The standard InChI is InChI=1S/C21H24ClN3O6S/c1-3-25(4-2)32(28,29)16-8-5-7-14(11-16)20(26)23-24-21(27)15-12-17(22)19-18(13-15)30-9-6-10-31-19/h5,7-8,11-13H,3-4,6,9-10H2,1-2H3,(H,23,26)(H,24,27). The zero-order valence-corrected chi connectivity index (χ0v) is 19.3. The third kappa shape index (κ3) is 5.14. The second-order valence-electron chi connectivity index (χ2n) is 6.86. The van der Waals surface area contributed by atoms with Crippen molar-refractivity contribution in [3.8, 4) is 11.5 Å². The van der Waals surface area contributed by atoms with Gasteiger partial charge < -0.3 is 9.47 Å². The van der Waals surface area contributed by atoms with E-state index < -0.39 is 21.8 Å². The number of rotatable bonds is 6. The summed E-state index contributed by atoms with van der Waals surface area (Å²) in [5, 5.41) is 0.218. The lowest BCUT2D eigenvalue weighted by Crippen LogP contribution is -2.41. The average Bonchev–Trinajstić information content (AvgIpc) is 3.04. The van der Waals surface area contributed by atoms with Crippen LogP contribution in [-0.2, 0) is 10.0 Å². The molecule has 0 unspecified atom stereocenters. The van der Waals surface area contributed by atoms with Crippen molar-refractivity contribution in [2.75, 3.05) is 26.3 Å². The van der Waals surface area contributed by atoms with Gasteiger partial charge in [0.25, 0.3) is 11.8 Å². The molecule has 0 aromatic heterocycles. The van der Waals surface area contributed by atoms with Crippen molar-refractivity contribution in [2.45, 2.75) is 25.2 Å². The van der Waals surface area contributed by atoms with E-state index in [1.807, 2.05) is 0 Å². The van der Waals surface area contributed by atoms with Gasteiger partial charge in [-0.05, 0) is 30.3 Å². The Bertz CT molecular complexity index is 1120. The van der Waals surface area contributed by atoms with Crippen LogP contribution in [0.1, 0.15) is 41.0 Å². The Morgan fingerprint density at radius 3 is 2.34 bits per heavy atom. The van der Waals surface area contributed by atoms with Crippen LogP contribution in [0, 0.1) is 0 Å². The van der Waals surface area contributed by atoms with Gasteiger partial charge in [0.05, 0.1) is 23.1 Å². The fourth-order valence-corrected chi connectivity index (χ4v) is 4.90. The quantitative estimate of drug-likeness (QED) is 0.613. The molecule has 0 radical (unpaired) electrons. The first-order valence-corrected chi connectivity index (χ1v) is 11.9. The highest BCUT2D eigenvalue weighted by molar-refractivity contribution is 7.89. The van der Waals surface area contributed by atoms with Crippen LogP contribution in [0.2, 0.25) is 5.02 Å². The topological polar surface area (TPSA) is 114 Å². The van der Waals surface area contributed by atoms with Crippen molar-refractivity contribution in [3.63, 3.8) is 0 Å². The Hall–Kier alpha value is -2.82. The summed E-state index contributed by atoms with van der Waals surface area (Å²) in [7, 11) is -3.72. The van der Waals surface area contributed by atoms with Gasteiger partial charge in [0.1, 0.15) is 0 Å². The summed E-state index contributed by atoms with van der Waals surface area (Å²) in [6, 6.07) is 8.49. The number of benzene rings is 2. The van der Waals surface area contributed by atoms with Gasteiger partial charge in [-0.1, -0.05) is 31.5 Å². The molecule has 11 heteroatoms. The summed E-state index contributed by atoms with van der Waals surface area (Å²) in [6.07, 6.45) is 0.686. The number of nitrogens with zero attached hydrogens (tertiary/aromatic N) is 1. The number of nitrogens with one attached hydrogen (secondary N) is 2. The molecule has 0 saturated carbocycles. The molecule has 0 spiro atoms. The van der Waals surface area contributed by atoms with Crippen LogP contribution in [0.15, 0.2) is 41.3 Å². The number of carbonyl (C=O) groups is 2. The van der Waals surface area contributed by atoms with Gasteiger partial charge in [-0.2, -0.15) is 4.31 Å². The molecular formula is C21H24ClN3O6S. The Morgan fingerprint density at radius 1 is 1.00 bits per heavy atom. The summed E-state index contributed by atoms with van der Waals surface area (Å²) < 4.78 is 37.8. The molecule has 2 N–H and O–H groups in total. The van der Waals surface area contributed by atoms with Gasteiger partial charge in [-0.15, -0.1) is 0 Å². The molecule has 1 aliphatic rings. The van der Waals surface area contributed by atoms with E-state index in [4.69, 9.17) is 21.1 Å². The monoisotopic (exact) mass is 481 g/mol. The molecule has 2 aromatic rings. The first-order valence-electron chi connectivity index (χ1n) is 10.1. The number of hydrogen-bond donors (Lipinski definition) is 2. The number of hydrogen-bond acceptors (Lipinski definition) is 6. The van der Waals surface area contributed by atoms with E-state index in [0.29, 0.717) is 44.2 Å². The van der Waals surface area contributed by atoms with Gasteiger partial charge in [-0.25, -0.2) is 8.42 Å². The van der Waals surface area contributed by atoms with E-state index in [2.05, 4.69) is 10.9 Å². The molecule has 1 aliphatic heterocycles. The zero-order chi connectivity index (χ0) is 23.3. The summed E-state index contributed by atoms with van der Waals surface area (Å²) in [5.74, 6) is -0.574. The van der Waals surface area contributed by atoms with Crippen LogP contribution >= 0.6 is 11.6 Å². The average molecular weight is 482 g/mol. The van der Waals surface area contributed by atoms with Crippen molar-refractivity contribution in [1.82, 2.24) is 15.2 Å². The van der Waals surface area contributed by atoms with Crippen LogP contribution in [0.25, 0.3) is 0 Å². The third-order valence-electron chi connectivity index (χ3n) is 4.79. The predicted octanol–water partition coefficient (Wildman–Crippen LogP) is 2.61. The van der Waals surface area contributed by atoms with Gasteiger partial charge in [0.2, 0.25) is 10.0 Å². The maximum Gasteiger partial charge on any atom is 0.269 e. The molecule has 2 aromatic carbocycles. The molecule has 0 bridgehead atoms. The number of amides is 2. The maximum atomic E-state index is 12.7. The minimum Gasteiger partial charge on any atom is -0.489 e. The van der Waals surface area contributed by atoms with E-state index in [0.717, 1.165) is 0 Å². The Labute approximate surface area is 191 Å². The zero-order valence-electron chi connectivity index (χ0n) is 17.7. The number of ether oxygens (including phenoxy) is 2. The number of hydrazine groups is 1. The van der Waals surface area contributed by atoms with Gasteiger partial charge in [0, 0.05) is 30.6 Å². The molecule has 172 valence electrons. The molecule has 32 heavy (non-hydrogen) atoms. The van der Waals surface area contributed by atoms with Crippen molar-refractivity contribution in [3.05, 3.63) is 52.5 Å². The van der Waals surface area contributed by atoms with Crippen LogP contribution in [0.3, 0.4) is 0 Å². The van der Waals surface area contributed by atoms with Gasteiger partial charge >= 0.3 is 0 Å². The largest absolute Gasteiger partial charge is 0.489 e. The highest BCUT2D eigenvalue weighted by Crippen LogP contribution is 2.37. The minimum atomic E-state index is -3.72. The Morgan fingerprint density at radius 2 is 1.66 bits per heavy atom. The molecule has 3 rings (SSSR count). The second kappa shape index (κ2) is 10.2. The minimum absolute atomic E-state index is 0.00476. The highest BCUT2D eigenvalue weighted by Gasteiger charge is 2.23. The lowest BCUT2D eigenvalue weighted by molar-refractivity contribution is 0.0846. The fraction of sp³-hybridized carbons (Fsp3) is 0.333. The van der Waals surface area contributed by atoms with Crippen LogP contribution in [-0.4, -0.2) is 50.8 Å². The molecule has 2 amide bonds. The number of sulfonamides is 1. The summed E-state index contributed by atoms with van der Waals surface area (Å²) in [4.78, 5) is 25.0. The first-order chi connectivity index (χ1) is 15.3. The van der Waals surface area contributed by atoms with E-state index in [9.17, 15) is 18.0 Å². The van der Waals surface area contributed by atoms with Gasteiger partial charge in [-0.3, -0.25) is 20.4 Å². The first kappa shape index (κ1) is 23.8. The SMILES string of the molecule is CCN(CC)S(=O)(=O)c1cccc(C(=O)NNC(=O)c2cc(Cl)c3c(c2)OCCCO3)c1. The van der Waals surface area contributed by atoms with Crippen LogP contribution in [0.4, 0.5) is 0 Å². The van der Waals surface area contributed by atoms with Crippen molar-refractivity contribution >= 4 is 33.4 Å². The fourth-order valence-electron chi connectivity index (χ4n) is 3.13. The van der Waals surface area contributed by atoms with E-state index in [-0.39, 0.29) is 21.0 Å². The highest BCUT2D eigenvalue weighted by atomic mass is 35.5. The van der Waals surface area contributed by atoms with Crippen LogP contribution in [0.5, 0.6) is 11.5 Å². The smallest absolute Gasteiger partial charge is 0.269 e. The van der Waals surface area contributed by atoms with E-state index >= 15 is 0 Å². The summed E-state index contributed by atoms with van der Waals surface area (Å²) in [6.45, 7) is 4.97. The summed E-state index contributed by atoms with van der Waals surface area (Å²) >= 11 is 6.20. The second-order valence-corrected chi connectivity index (χ2v) is 9.21. The number of carbonyl (C=O) groups excluding carboxylic acids is 2.